The molecule has 2 aromatic heterocycles. The molecule has 31 heavy (non-hydrogen) atoms. The monoisotopic (exact) mass is 424 g/mol. The molecule has 0 bridgehead atoms. The molecular formula is C22H28N6O3. The van der Waals surface area contributed by atoms with Gasteiger partial charge in [0.25, 0.3) is 0 Å². The van der Waals surface area contributed by atoms with E-state index >= 15 is 0 Å². The summed E-state index contributed by atoms with van der Waals surface area (Å²) < 4.78 is 12.4. The zero-order chi connectivity index (χ0) is 22.0. The highest BCUT2D eigenvalue weighted by Crippen LogP contribution is 2.23. The van der Waals surface area contributed by atoms with Crippen LogP contribution in [-0.4, -0.2) is 61.8 Å². The van der Waals surface area contributed by atoms with Crippen LogP contribution in [0.25, 0.3) is 16.9 Å². The fraction of sp³-hybridized carbons (Fsp3) is 0.500. The summed E-state index contributed by atoms with van der Waals surface area (Å²) in [7, 11) is 1.64. The predicted octanol–water partition coefficient (Wildman–Crippen LogP) is 3.41. The molecule has 0 N–H and O–H groups in total. The van der Waals surface area contributed by atoms with Crippen LogP contribution in [0.1, 0.15) is 39.4 Å². The first-order valence-electron chi connectivity index (χ1n) is 10.5. The van der Waals surface area contributed by atoms with Gasteiger partial charge in [-0.05, 0) is 63.8 Å². The van der Waals surface area contributed by atoms with Gasteiger partial charge in [0.1, 0.15) is 17.2 Å². The second-order valence-electron chi connectivity index (χ2n) is 8.81. The fourth-order valence-corrected chi connectivity index (χ4v) is 3.66. The molecule has 0 aliphatic carbocycles. The van der Waals surface area contributed by atoms with E-state index in [2.05, 4.69) is 15.3 Å². The minimum atomic E-state index is -0.474. The highest BCUT2D eigenvalue weighted by atomic mass is 16.6. The zero-order valence-electron chi connectivity index (χ0n) is 18.4. The molecule has 1 fully saturated rings. The van der Waals surface area contributed by atoms with Crippen molar-refractivity contribution in [2.24, 2.45) is 5.92 Å². The van der Waals surface area contributed by atoms with Gasteiger partial charge in [-0.25, -0.2) is 14.8 Å². The molecule has 0 saturated carbocycles. The number of likely N-dealkylation sites (tertiary alicyclic amines) is 1. The number of hydrogen-bond acceptors (Lipinski definition) is 7. The lowest BCUT2D eigenvalue weighted by atomic mass is 9.93. The van der Waals surface area contributed by atoms with Crippen LogP contribution in [0.5, 0.6) is 5.75 Å². The summed E-state index contributed by atoms with van der Waals surface area (Å²) in [6.45, 7) is 7.03. The Morgan fingerprint density at radius 2 is 1.87 bits per heavy atom. The van der Waals surface area contributed by atoms with E-state index < -0.39 is 5.60 Å². The van der Waals surface area contributed by atoms with Gasteiger partial charge in [0.2, 0.25) is 0 Å². The maximum atomic E-state index is 12.3. The number of carbonyl (C=O) groups is 1. The van der Waals surface area contributed by atoms with Crippen LogP contribution in [0.2, 0.25) is 0 Å². The van der Waals surface area contributed by atoms with Gasteiger partial charge in [0, 0.05) is 19.5 Å². The Hall–Kier alpha value is -3.23. The number of benzene rings is 1. The number of carbonyl (C=O) groups excluding carboxylic acids is 1. The van der Waals surface area contributed by atoms with E-state index in [1.54, 1.807) is 22.9 Å². The van der Waals surface area contributed by atoms with Gasteiger partial charge in [-0.1, -0.05) is 5.21 Å². The van der Waals surface area contributed by atoms with E-state index in [9.17, 15) is 4.79 Å². The Balaban J connectivity index is 1.43. The second-order valence-corrected chi connectivity index (χ2v) is 8.81. The SMILES string of the molecule is COc1ccc(-n2nnc3cnc(CC4CCN(C(=O)OC(C)(C)C)CC4)nc32)cc1. The van der Waals surface area contributed by atoms with E-state index in [0.29, 0.717) is 30.2 Å². The van der Waals surface area contributed by atoms with Gasteiger partial charge >= 0.3 is 6.09 Å². The highest BCUT2D eigenvalue weighted by molar-refractivity contribution is 5.70. The average Bonchev–Trinajstić information content (AvgIpc) is 3.16. The van der Waals surface area contributed by atoms with Gasteiger partial charge in [-0.3, -0.25) is 0 Å². The zero-order valence-corrected chi connectivity index (χ0v) is 18.4. The number of hydrogen-bond donors (Lipinski definition) is 0. The largest absolute Gasteiger partial charge is 0.497 e. The molecule has 4 rings (SSSR count). The lowest BCUT2D eigenvalue weighted by Crippen LogP contribution is -2.42. The lowest BCUT2D eigenvalue weighted by molar-refractivity contribution is 0.0184. The van der Waals surface area contributed by atoms with Gasteiger partial charge in [-0.2, -0.15) is 4.68 Å². The third-order valence-corrected chi connectivity index (χ3v) is 5.30. The average molecular weight is 425 g/mol. The molecule has 0 spiro atoms. The summed E-state index contributed by atoms with van der Waals surface area (Å²) in [6.07, 6.45) is 4.04. The quantitative estimate of drug-likeness (QED) is 0.633. The number of amides is 1. The van der Waals surface area contributed by atoms with Crippen LogP contribution in [0.3, 0.4) is 0 Å². The summed E-state index contributed by atoms with van der Waals surface area (Å²) in [4.78, 5) is 23.3. The number of ether oxygens (including phenoxy) is 2. The fourth-order valence-electron chi connectivity index (χ4n) is 3.66. The Kier molecular flexibility index (Phi) is 5.75. The first-order chi connectivity index (χ1) is 14.8. The maximum Gasteiger partial charge on any atom is 0.410 e. The van der Waals surface area contributed by atoms with Crippen molar-refractivity contribution in [2.45, 2.75) is 45.6 Å². The predicted molar refractivity (Wildman–Crippen MR) is 115 cm³/mol. The summed E-state index contributed by atoms with van der Waals surface area (Å²) in [6, 6.07) is 7.59. The molecule has 9 nitrogen and oxygen atoms in total. The van der Waals surface area contributed by atoms with Crippen molar-refractivity contribution in [1.82, 2.24) is 29.9 Å². The number of fused-ring (bicyclic) bond motifs is 1. The summed E-state index contributed by atoms with van der Waals surface area (Å²) in [5.41, 5.74) is 1.72. The molecule has 1 aromatic carbocycles. The van der Waals surface area contributed by atoms with E-state index in [1.165, 1.54) is 0 Å². The third-order valence-electron chi connectivity index (χ3n) is 5.30. The molecule has 9 heteroatoms. The Morgan fingerprint density at radius 3 is 2.52 bits per heavy atom. The van der Waals surface area contributed by atoms with Crippen LogP contribution >= 0.6 is 0 Å². The normalized spacial score (nSPS) is 15.3. The summed E-state index contributed by atoms with van der Waals surface area (Å²) in [5.74, 6) is 1.96. The van der Waals surface area contributed by atoms with Gasteiger partial charge in [-0.15, -0.1) is 5.10 Å². The van der Waals surface area contributed by atoms with Crippen molar-refractivity contribution in [3.05, 3.63) is 36.3 Å². The molecule has 1 amide bonds. The van der Waals surface area contributed by atoms with E-state index in [4.69, 9.17) is 14.5 Å². The van der Waals surface area contributed by atoms with Crippen molar-refractivity contribution in [1.29, 1.82) is 0 Å². The maximum absolute atomic E-state index is 12.3. The molecule has 0 radical (unpaired) electrons. The molecule has 3 heterocycles. The van der Waals surface area contributed by atoms with Gasteiger partial charge < -0.3 is 14.4 Å². The number of piperidine rings is 1. The Morgan fingerprint density at radius 1 is 1.16 bits per heavy atom. The van der Waals surface area contributed by atoms with Crippen LogP contribution in [0.4, 0.5) is 4.79 Å². The minimum Gasteiger partial charge on any atom is -0.497 e. The topological polar surface area (TPSA) is 95.3 Å². The minimum absolute atomic E-state index is 0.238. The van der Waals surface area contributed by atoms with Crippen LogP contribution in [0, 0.1) is 5.92 Å². The second kappa shape index (κ2) is 8.49. The van der Waals surface area contributed by atoms with Gasteiger partial charge in [0.15, 0.2) is 11.2 Å². The van der Waals surface area contributed by atoms with E-state index in [0.717, 1.165) is 36.5 Å². The Bertz CT molecular complexity index is 1050. The summed E-state index contributed by atoms with van der Waals surface area (Å²) in [5, 5.41) is 8.42. The lowest BCUT2D eigenvalue weighted by Gasteiger charge is -2.33. The molecule has 0 unspecified atom stereocenters. The third kappa shape index (κ3) is 4.92. The van der Waals surface area contributed by atoms with Gasteiger partial charge in [0.05, 0.1) is 19.0 Å². The van der Waals surface area contributed by atoms with Crippen molar-refractivity contribution in [2.75, 3.05) is 20.2 Å². The molecule has 1 aliphatic heterocycles. The molecule has 3 aromatic rings. The van der Waals surface area contributed by atoms with Crippen LogP contribution in [-0.2, 0) is 11.2 Å². The molecule has 164 valence electrons. The molecule has 0 atom stereocenters. The molecular weight excluding hydrogens is 396 g/mol. The first-order valence-corrected chi connectivity index (χ1v) is 10.5. The van der Waals surface area contributed by atoms with Crippen LogP contribution in [0.15, 0.2) is 30.5 Å². The van der Waals surface area contributed by atoms with E-state index in [1.807, 2.05) is 45.0 Å². The van der Waals surface area contributed by atoms with Crippen molar-refractivity contribution < 1.29 is 14.3 Å². The van der Waals surface area contributed by atoms with Crippen LogP contribution < -0.4 is 4.74 Å². The molecule has 1 saturated heterocycles. The highest BCUT2D eigenvalue weighted by Gasteiger charge is 2.27. The standard InChI is InChI=1S/C22H28N6O3/c1-22(2,3)31-21(29)27-11-9-15(10-12-27)13-19-23-14-18-20(24-19)28(26-25-18)16-5-7-17(30-4)8-6-16/h5-8,14-15H,9-13H2,1-4H3. The number of rotatable bonds is 4. The first kappa shape index (κ1) is 21.0. The Labute approximate surface area is 181 Å². The van der Waals surface area contributed by atoms with E-state index in [-0.39, 0.29) is 6.09 Å². The number of methoxy groups -OCH3 is 1. The molecule has 1 aliphatic rings. The smallest absolute Gasteiger partial charge is 0.410 e. The number of aromatic nitrogens is 5. The van der Waals surface area contributed by atoms with Crippen molar-refractivity contribution in [3.8, 4) is 11.4 Å². The van der Waals surface area contributed by atoms with Crippen molar-refractivity contribution in [3.63, 3.8) is 0 Å². The number of nitrogens with zero attached hydrogens (tertiary/aromatic N) is 6. The summed E-state index contributed by atoms with van der Waals surface area (Å²) >= 11 is 0. The van der Waals surface area contributed by atoms with Crippen molar-refractivity contribution >= 4 is 17.3 Å².